The summed E-state index contributed by atoms with van der Waals surface area (Å²) in [7, 11) is 1.67. The average Bonchev–Trinajstić information content (AvgIpc) is 3.06. The third-order valence-electron chi connectivity index (χ3n) is 4.40. The minimum absolute atomic E-state index is 0.110. The van der Waals surface area contributed by atoms with Gasteiger partial charge >= 0.3 is 0 Å². The Morgan fingerprint density at radius 2 is 2.09 bits per heavy atom. The highest BCUT2D eigenvalue weighted by atomic mass is 16.5. The van der Waals surface area contributed by atoms with Gasteiger partial charge in [-0.15, -0.1) is 0 Å². The van der Waals surface area contributed by atoms with Gasteiger partial charge in [0.25, 0.3) is 0 Å². The van der Waals surface area contributed by atoms with E-state index in [-0.39, 0.29) is 5.91 Å². The zero-order chi connectivity index (χ0) is 16.5. The van der Waals surface area contributed by atoms with Crippen molar-refractivity contribution in [3.8, 4) is 5.75 Å². The Kier molecular flexibility index (Phi) is 7.40. The Bertz CT molecular complexity index is 495. The Balaban J connectivity index is 1.56. The van der Waals surface area contributed by atoms with Crippen molar-refractivity contribution in [2.24, 2.45) is 0 Å². The predicted octanol–water partition coefficient (Wildman–Crippen LogP) is 3.40. The Labute approximate surface area is 139 Å². The zero-order valence-electron chi connectivity index (χ0n) is 14.4. The molecule has 0 spiro atoms. The monoisotopic (exact) mass is 319 g/mol. The summed E-state index contributed by atoms with van der Waals surface area (Å²) in [4.78, 5) is 11.9. The lowest BCUT2D eigenvalue weighted by Gasteiger charge is -2.11. The van der Waals surface area contributed by atoms with Crippen molar-refractivity contribution in [3.63, 3.8) is 0 Å². The first-order valence-electron chi connectivity index (χ1n) is 8.71. The molecule has 1 aliphatic rings. The van der Waals surface area contributed by atoms with Crippen molar-refractivity contribution in [2.75, 3.05) is 20.3 Å². The van der Waals surface area contributed by atoms with E-state index in [1.165, 1.54) is 31.2 Å². The van der Waals surface area contributed by atoms with E-state index in [2.05, 4.69) is 11.4 Å². The van der Waals surface area contributed by atoms with Crippen LogP contribution in [0.3, 0.4) is 0 Å². The fourth-order valence-corrected chi connectivity index (χ4v) is 3.05. The molecule has 2 rings (SSSR count). The number of methoxy groups -OCH3 is 1. The van der Waals surface area contributed by atoms with Crippen LogP contribution in [-0.4, -0.2) is 32.3 Å². The topological polar surface area (TPSA) is 47.6 Å². The van der Waals surface area contributed by atoms with Crippen molar-refractivity contribution >= 4 is 5.91 Å². The van der Waals surface area contributed by atoms with Crippen LogP contribution in [-0.2, 0) is 16.0 Å². The second-order valence-electron chi connectivity index (χ2n) is 6.28. The van der Waals surface area contributed by atoms with E-state index < -0.39 is 0 Å². The van der Waals surface area contributed by atoms with Gasteiger partial charge in [-0.1, -0.05) is 25.0 Å². The first-order chi connectivity index (χ1) is 11.2. The molecule has 23 heavy (non-hydrogen) atoms. The van der Waals surface area contributed by atoms with Gasteiger partial charge in [-0.3, -0.25) is 4.79 Å². The van der Waals surface area contributed by atoms with Gasteiger partial charge in [-0.05, 0) is 49.8 Å². The second kappa shape index (κ2) is 9.56. The first kappa shape index (κ1) is 17.8. The molecule has 0 saturated heterocycles. The van der Waals surface area contributed by atoms with E-state index in [9.17, 15) is 4.79 Å². The minimum Gasteiger partial charge on any atom is -0.496 e. The molecule has 4 heteroatoms. The quantitative estimate of drug-likeness (QED) is 0.710. The van der Waals surface area contributed by atoms with Gasteiger partial charge in [0.15, 0.2) is 0 Å². The van der Waals surface area contributed by atoms with E-state index in [1.54, 1.807) is 7.11 Å². The SMILES string of the molecule is COc1ccc(CCC(=O)NCCCOC2CCCC2)cc1C. The number of aryl methyl sites for hydroxylation is 2. The van der Waals surface area contributed by atoms with Crippen LogP contribution in [0.5, 0.6) is 5.75 Å². The van der Waals surface area contributed by atoms with Crippen LogP contribution >= 0.6 is 0 Å². The highest BCUT2D eigenvalue weighted by Crippen LogP contribution is 2.21. The van der Waals surface area contributed by atoms with Crippen LogP contribution in [0.4, 0.5) is 0 Å². The lowest BCUT2D eigenvalue weighted by molar-refractivity contribution is -0.121. The van der Waals surface area contributed by atoms with Crippen molar-refractivity contribution < 1.29 is 14.3 Å². The molecule has 0 bridgehead atoms. The molecule has 1 saturated carbocycles. The summed E-state index contributed by atoms with van der Waals surface area (Å²) in [6.07, 6.45) is 7.64. The summed E-state index contributed by atoms with van der Waals surface area (Å²) in [5.74, 6) is 1.000. The molecular formula is C19H29NO3. The van der Waals surface area contributed by atoms with Crippen LogP contribution < -0.4 is 10.1 Å². The van der Waals surface area contributed by atoms with Gasteiger partial charge < -0.3 is 14.8 Å². The molecule has 1 aliphatic carbocycles. The lowest BCUT2D eigenvalue weighted by atomic mass is 10.1. The van der Waals surface area contributed by atoms with Crippen LogP contribution in [0.1, 0.15) is 49.7 Å². The summed E-state index contributed by atoms with van der Waals surface area (Å²) < 4.78 is 11.0. The molecule has 0 radical (unpaired) electrons. The Hall–Kier alpha value is -1.55. The van der Waals surface area contributed by atoms with Crippen LogP contribution in [0.15, 0.2) is 18.2 Å². The smallest absolute Gasteiger partial charge is 0.220 e. The molecule has 0 unspecified atom stereocenters. The number of benzene rings is 1. The number of nitrogens with one attached hydrogen (secondary N) is 1. The van der Waals surface area contributed by atoms with Gasteiger partial charge in [-0.2, -0.15) is 0 Å². The van der Waals surface area contributed by atoms with Crippen molar-refractivity contribution in [3.05, 3.63) is 29.3 Å². The number of hydrogen-bond donors (Lipinski definition) is 1. The molecule has 0 atom stereocenters. The predicted molar refractivity (Wildman–Crippen MR) is 91.9 cm³/mol. The van der Waals surface area contributed by atoms with Gasteiger partial charge in [0.2, 0.25) is 5.91 Å². The molecule has 1 fully saturated rings. The summed E-state index contributed by atoms with van der Waals surface area (Å²) in [5, 5.41) is 2.97. The van der Waals surface area contributed by atoms with Gasteiger partial charge in [-0.25, -0.2) is 0 Å². The van der Waals surface area contributed by atoms with E-state index in [0.29, 0.717) is 19.1 Å². The standard InChI is InChI=1S/C19H29NO3/c1-15-14-16(8-10-18(15)22-2)9-11-19(21)20-12-5-13-23-17-6-3-4-7-17/h8,10,14,17H,3-7,9,11-13H2,1-2H3,(H,20,21). The summed E-state index contributed by atoms with van der Waals surface area (Å²) in [6.45, 7) is 3.47. The number of ether oxygens (including phenoxy) is 2. The maximum atomic E-state index is 11.9. The van der Waals surface area contributed by atoms with Gasteiger partial charge in [0, 0.05) is 19.6 Å². The average molecular weight is 319 g/mol. The molecule has 1 aromatic carbocycles. The van der Waals surface area contributed by atoms with Crippen LogP contribution in [0, 0.1) is 6.92 Å². The third kappa shape index (κ3) is 6.22. The summed E-state index contributed by atoms with van der Waals surface area (Å²) in [6, 6.07) is 6.07. The maximum Gasteiger partial charge on any atom is 0.220 e. The molecule has 1 aromatic rings. The fourth-order valence-electron chi connectivity index (χ4n) is 3.05. The van der Waals surface area contributed by atoms with E-state index in [1.807, 2.05) is 19.1 Å². The fraction of sp³-hybridized carbons (Fsp3) is 0.632. The van der Waals surface area contributed by atoms with Gasteiger partial charge in [0.05, 0.1) is 13.2 Å². The molecular weight excluding hydrogens is 290 g/mol. The van der Waals surface area contributed by atoms with Crippen LogP contribution in [0.25, 0.3) is 0 Å². The highest BCUT2D eigenvalue weighted by molar-refractivity contribution is 5.76. The number of hydrogen-bond acceptors (Lipinski definition) is 3. The molecule has 1 N–H and O–H groups in total. The minimum atomic E-state index is 0.110. The molecule has 0 heterocycles. The van der Waals surface area contributed by atoms with E-state index >= 15 is 0 Å². The molecule has 128 valence electrons. The normalized spacial score (nSPS) is 14.9. The van der Waals surface area contributed by atoms with Crippen molar-refractivity contribution in [1.29, 1.82) is 0 Å². The largest absolute Gasteiger partial charge is 0.496 e. The number of rotatable bonds is 9. The number of carbonyl (C=O) groups excluding carboxylic acids is 1. The summed E-state index contributed by atoms with van der Waals surface area (Å²) >= 11 is 0. The maximum absolute atomic E-state index is 11.9. The lowest BCUT2D eigenvalue weighted by Crippen LogP contribution is -2.25. The third-order valence-corrected chi connectivity index (χ3v) is 4.40. The van der Waals surface area contributed by atoms with E-state index in [0.717, 1.165) is 30.8 Å². The van der Waals surface area contributed by atoms with Crippen molar-refractivity contribution in [1.82, 2.24) is 5.32 Å². The Morgan fingerprint density at radius 3 is 2.78 bits per heavy atom. The zero-order valence-corrected chi connectivity index (χ0v) is 14.4. The number of carbonyl (C=O) groups is 1. The summed E-state index contributed by atoms with van der Waals surface area (Å²) in [5.41, 5.74) is 2.28. The molecule has 0 aromatic heterocycles. The molecule has 4 nitrogen and oxygen atoms in total. The van der Waals surface area contributed by atoms with Crippen LogP contribution in [0.2, 0.25) is 0 Å². The molecule has 1 amide bonds. The Morgan fingerprint density at radius 1 is 1.30 bits per heavy atom. The molecule has 0 aliphatic heterocycles. The highest BCUT2D eigenvalue weighted by Gasteiger charge is 2.14. The van der Waals surface area contributed by atoms with Gasteiger partial charge in [0.1, 0.15) is 5.75 Å². The second-order valence-corrected chi connectivity index (χ2v) is 6.28. The van der Waals surface area contributed by atoms with E-state index in [4.69, 9.17) is 9.47 Å². The number of amides is 1. The first-order valence-corrected chi connectivity index (χ1v) is 8.71. The van der Waals surface area contributed by atoms with Crippen molar-refractivity contribution in [2.45, 2.75) is 58.0 Å².